The summed E-state index contributed by atoms with van der Waals surface area (Å²) in [7, 11) is 0. The van der Waals surface area contributed by atoms with Crippen molar-refractivity contribution in [1.82, 2.24) is 0 Å². The topological polar surface area (TPSA) is 26.3 Å². The summed E-state index contributed by atoms with van der Waals surface area (Å²) >= 11 is 3.23. The summed E-state index contributed by atoms with van der Waals surface area (Å²) in [5.41, 5.74) is 0.533. The van der Waals surface area contributed by atoms with Crippen LogP contribution in [-0.4, -0.2) is 12.6 Å². The summed E-state index contributed by atoms with van der Waals surface area (Å²) in [6.45, 7) is 0.884. The van der Waals surface area contributed by atoms with E-state index in [0.29, 0.717) is 22.2 Å². The highest BCUT2D eigenvalue weighted by Gasteiger charge is 2.06. The molecule has 2 nitrogen and oxygen atoms in total. The first-order valence-electron chi connectivity index (χ1n) is 4.20. The van der Waals surface area contributed by atoms with Gasteiger partial charge in [0.25, 0.3) is 0 Å². The molecule has 0 aliphatic carbocycles. The molecular weight excluding hydrogens is 251 g/mol. The molecule has 0 unspecified atom stereocenters. The summed E-state index contributed by atoms with van der Waals surface area (Å²) < 4.78 is 17.3. The number of rotatable bonds is 4. The number of benzene rings is 1. The summed E-state index contributed by atoms with van der Waals surface area (Å²) in [6.07, 6.45) is 0.422. The Kier molecular flexibility index (Phi) is 4.07. The molecule has 4 heteroatoms. The highest BCUT2D eigenvalue weighted by atomic mass is 79.9. The molecule has 0 N–H and O–H groups in total. The number of alkyl halides is 1. The van der Waals surface area contributed by atoms with Crippen LogP contribution < -0.4 is 4.74 Å². The molecule has 0 atom stereocenters. The van der Waals surface area contributed by atoms with Gasteiger partial charge in [-0.2, -0.15) is 0 Å². The maximum Gasteiger partial charge on any atom is 0.228 e. The molecule has 0 radical (unpaired) electrons. The van der Waals surface area contributed by atoms with Crippen LogP contribution in [0.2, 0.25) is 0 Å². The standard InChI is InChI=1S/C10H10BrFO2/c1-2-10(13)7-3-8(11)5-9(4-7)14-6-12/h3-5H,2,6H2,1H3. The first-order chi connectivity index (χ1) is 6.67. The Morgan fingerprint density at radius 2 is 2.21 bits per heavy atom. The normalized spacial score (nSPS) is 9.93. The van der Waals surface area contributed by atoms with Gasteiger partial charge in [0.1, 0.15) is 5.75 Å². The molecule has 1 rings (SSSR count). The van der Waals surface area contributed by atoms with Crippen LogP contribution in [0.4, 0.5) is 4.39 Å². The molecule has 0 fully saturated rings. The summed E-state index contributed by atoms with van der Waals surface area (Å²) in [5.74, 6) is 0.369. The maximum absolute atomic E-state index is 11.9. The molecule has 1 aromatic carbocycles. The molecule has 1 aromatic rings. The van der Waals surface area contributed by atoms with Gasteiger partial charge >= 0.3 is 0 Å². The second kappa shape index (κ2) is 5.10. The van der Waals surface area contributed by atoms with E-state index in [1.165, 1.54) is 6.07 Å². The molecule has 0 amide bonds. The third-order valence-corrected chi connectivity index (χ3v) is 2.19. The Balaban J connectivity index is 3.00. The van der Waals surface area contributed by atoms with Crippen molar-refractivity contribution in [2.45, 2.75) is 13.3 Å². The summed E-state index contributed by atoms with van der Waals surface area (Å²) in [4.78, 5) is 11.4. The number of carbonyl (C=O) groups is 1. The largest absolute Gasteiger partial charge is 0.463 e. The number of carbonyl (C=O) groups excluding carboxylic acids is 1. The summed E-state index contributed by atoms with van der Waals surface area (Å²) in [5, 5.41) is 0. The van der Waals surface area contributed by atoms with E-state index in [0.717, 1.165) is 0 Å². The van der Waals surface area contributed by atoms with Crippen LogP contribution in [0, 0.1) is 0 Å². The van der Waals surface area contributed by atoms with Crippen LogP contribution >= 0.6 is 15.9 Å². The lowest BCUT2D eigenvalue weighted by Crippen LogP contribution is -1.98. The molecule has 0 saturated heterocycles. The van der Waals surface area contributed by atoms with E-state index in [1.807, 2.05) is 0 Å². The minimum absolute atomic E-state index is 0.00927. The lowest BCUT2D eigenvalue weighted by Gasteiger charge is -2.04. The lowest BCUT2D eigenvalue weighted by atomic mass is 10.1. The zero-order chi connectivity index (χ0) is 10.6. The van der Waals surface area contributed by atoms with Gasteiger partial charge in [0, 0.05) is 16.5 Å². The van der Waals surface area contributed by atoms with E-state index in [-0.39, 0.29) is 5.78 Å². The number of ketones is 1. The Bertz CT molecular complexity index is 339. The van der Waals surface area contributed by atoms with E-state index < -0.39 is 6.86 Å². The number of hydrogen-bond acceptors (Lipinski definition) is 2. The Hall–Kier alpha value is -0.900. The second-order valence-corrected chi connectivity index (χ2v) is 3.62. The predicted octanol–water partition coefficient (Wildman–Crippen LogP) is 3.35. The van der Waals surface area contributed by atoms with Crippen LogP contribution in [0.3, 0.4) is 0 Å². The van der Waals surface area contributed by atoms with Gasteiger partial charge < -0.3 is 4.74 Å². The number of ether oxygens (including phenoxy) is 1. The van der Waals surface area contributed by atoms with Crippen molar-refractivity contribution < 1.29 is 13.9 Å². The van der Waals surface area contributed by atoms with E-state index >= 15 is 0 Å². The smallest absolute Gasteiger partial charge is 0.228 e. The fraction of sp³-hybridized carbons (Fsp3) is 0.300. The van der Waals surface area contributed by atoms with Crippen molar-refractivity contribution in [2.75, 3.05) is 6.86 Å². The van der Waals surface area contributed by atoms with Gasteiger partial charge in [-0.15, -0.1) is 0 Å². The zero-order valence-corrected chi connectivity index (χ0v) is 9.30. The third-order valence-electron chi connectivity index (χ3n) is 1.74. The number of hydrogen-bond donors (Lipinski definition) is 0. The molecule has 76 valence electrons. The Morgan fingerprint density at radius 1 is 1.50 bits per heavy atom. The van der Waals surface area contributed by atoms with Gasteiger partial charge in [-0.25, -0.2) is 4.39 Å². The second-order valence-electron chi connectivity index (χ2n) is 2.71. The fourth-order valence-electron chi connectivity index (χ4n) is 1.07. The van der Waals surface area contributed by atoms with Crippen molar-refractivity contribution in [3.63, 3.8) is 0 Å². The monoisotopic (exact) mass is 260 g/mol. The maximum atomic E-state index is 11.9. The van der Waals surface area contributed by atoms with Gasteiger partial charge in [-0.3, -0.25) is 4.79 Å². The van der Waals surface area contributed by atoms with Crippen LogP contribution in [0.15, 0.2) is 22.7 Å². The SMILES string of the molecule is CCC(=O)c1cc(Br)cc(OCF)c1. The number of halogens is 2. The van der Waals surface area contributed by atoms with Gasteiger partial charge in [-0.05, 0) is 18.2 Å². The van der Waals surface area contributed by atoms with E-state index in [2.05, 4.69) is 20.7 Å². The third kappa shape index (κ3) is 2.80. The van der Waals surface area contributed by atoms with Gasteiger partial charge in [0.05, 0.1) is 0 Å². The Morgan fingerprint density at radius 3 is 2.79 bits per heavy atom. The fourth-order valence-corrected chi connectivity index (χ4v) is 1.55. The van der Waals surface area contributed by atoms with Crippen molar-refractivity contribution >= 4 is 21.7 Å². The van der Waals surface area contributed by atoms with Crippen molar-refractivity contribution in [1.29, 1.82) is 0 Å². The molecule has 0 saturated carbocycles. The molecule has 0 aliphatic rings. The van der Waals surface area contributed by atoms with E-state index in [4.69, 9.17) is 0 Å². The highest BCUT2D eigenvalue weighted by Crippen LogP contribution is 2.22. The Labute approximate surface area is 90.2 Å². The summed E-state index contributed by atoms with van der Waals surface area (Å²) in [6, 6.07) is 4.85. The van der Waals surface area contributed by atoms with Crippen LogP contribution in [0.25, 0.3) is 0 Å². The lowest BCUT2D eigenvalue weighted by molar-refractivity contribution is 0.0987. The molecule has 0 bridgehead atoms. The molecule has 0 heterocycles. The first kappa shape index (κ1) is 11.2. The van der Waals surface area contributed by atoms with Crippen LogP contribution in [-0.2, 0) is 0 Å². The van der Waals surface area contributed by atoms with Crippen molar-refractivity contribution in [3.8, 4) is 5.75 Å². The molecule has 14 heavy (non-hydrogen) atoms. The average molecular weight is 261 g/mol. The molecule has 0 spiro atoms. The molecular formula is C10H10BrFO2. The average Bonchev–Trinajstić information content (AvgIpc) is 2.16. The highest BCUT2D eigenvalue weighted by molar-refractivity contribution is 9.10. The first-order valence-corrected chi connectivity index (χ1v) is 4.99. The molecule has 0 aliphatic heterocycles. The van der Waals surface area contributed by atoms with Crippen molar-refractivity contribution in [2.24, 2.45) is 0 Å². The van der Waals surface area contributed by atoms with Gasteiger partial charge in [0.15, 0.2) is 5.78 Å². The quantitative estimate of drug-likeness (QED) is 0.777. The predicted molar refractivity (Wildman–Crippen MR) is 55.4 cm³/mol. The van der Waals surface area contributed by atoms with E-state index in [1.54, 1.807) is 19.1 Å². The van der Waals surface area contributed by atoms with Crippen LogP contribution in [0.5, 0.6) is 5.75 Å². The van der Waals surface area contributed by atoms with Gasteiger partial charge in [-0.1, -0.05) is 22.9 Å². The zero-order valence-electron chi connectivity index (χ0n) is 7.72. The van der Waals surface area contributed by atoms with Crippen LogP contribution in [0.1, 0.15) is 23.7 Å². The number of Topliss-reactive ketones (excluding diaryl/α,β-unsaturated/α-hetero) is 1. The van der Waals surface area contributed by atoms with Crippen molar-refractivity contribution in [3.05, 3.63) is 28.2 Å². The molecule has 0 aromatic heterocycles. The van der Waals surface area contributed by atoms with Gasteiger partial charge in [0.2, 0.25) is 6.86 Å². The minimum Gasteiger partial charge on any atom is -0.463 e. The minimum atomic E-state index is -0.893. The van der Waals surface area contributed by atoms with E-state index in [9.17, 15) is 9.18 Å².